The van der Waals surface area contributed by atoms with Crippen molar-refractivity contribution in [3.8, 4) is 0 Å². The highest BCUT2D eigenvalue weighted by Crippen LogP contribution is 2.15. The van der Waals surface area contributed by atoms with E-state index in [1.54, 1.807) is 11.3 Å². The van der Waals surface area contributed by atoms with Crippen molar-refractivity contribution in [2.24, 2.45) is 0 Å². The second-order valence-corrected chi connectivity index (χ2v) is 4.28. The summed E-state index contributed by atoms with van der Waals surface area (Å²) in [5.74, 6) is 0. The Labute approximate surface area is 89.2 Å². The van der Waals surface area contributed by atoms with E-state index in [4.69, 9.17) is 5.11 Å². The second-order valence-electron chi connectivity index (χ2n) is 3.36. The molecule has 0 aromatic carbocycles. The van der Waals surface area contributed by atoms with E-state index in [0.717, 1.165) is 25.8 Å². The summed E-state index contributed by atoms with van der Waals surface area (Å²) in [5, 5.41) is 12.0. The number of rotatable bonds is 7. The zero-order valence-electron chi connectivity index (χ0n) is 8.57. The monoisotopic (exact) mass is 214 g/mol. The molecule has 0 amide bonds. The molecule has 0 aliphatic carbocycles. The van der Waals surface area contributed by atoms with E-state index < -0.39 is 0 Å². The number of hydrogen-bond acceptors (Lipinski definition) is 4. The first-order chi connectivity index (χ1) is 6.84. The van der Waals surface area contributed by atoms with Crippen LogP contribution in [0.15, 0.2) is 11.7 Å². The van der Waals surface area contributed by atoms with Crippen LogP contribution in [0.25, 0.3) is 0 Å². The van der Waals surface area contributed by atoms with Gasteiger partial charge in [0.05, 0.1) is 5.51 Å². The number of hydrogen-bond donors (Lipinski definition) is 2. The highest BCUT2D eigenvalue weighted by atomic mass is 32.1. The van der Waals surface area contributed by atoms with Gasteiger partial charge >= 0.3 is 0 Å². The van der Waals surface area contributed by atoms with Crippen LogP contribution in [0.5, 0.6) is 0 Å². The molecule has 4 heteroatoms. The topological polar surface area (TPSA) is 45.1 Å². The van der Waals surface area contributed by atoms with Gasteiger partial charge in [-0.15, -0.1) is 11.3 Å². The number of aromatic nitrogens is 1. The molecule has 2 N–H and O–H groups in total. The first-order valence-electron chi connectivity index (χ1n) is 5.07. The highest BCUT2D eigenvalue weighted by Gasteiger charge is 2.04. The lowest BCUT2D eigenvalue weighted by atomic mass is 10.2. The van der Waals surface area contributed by atoms with E-state index in [2.05, 4.69) is 17.2 Å². The summed E-state index contributed by atoms with van der Waals surface area (Å²) < 4.78 is 0. The fourth-order valence-corrected chi connectivity index (χ4v) is 1.92. The number of aliphatic hydroxyl groups is 1. The quantitative estimate of drug-likeness (QED) is 0.682. The maximum Gasteiger partial charge on any atom is 0.0794 e. The molecule has 1 heterocycles. The summed E-state index contributed by atoms with van der Waals surface area (Å²) in [4.78, 5) is 5.33. The van der Waals surface area contributed by atoms with Crippen molar-refractivity contribution in [3.05, 3.63) is 16.6 Å². The molecule has 0 fully saturated rings. The van der Waals surface area contributed by atoms with Crippen molar-refractivity contribution in [1.82, 2.24) is 10.3 Å². The Kier molecular flexibility index (Phi) is 5.75. The van der Waals surface area contributed by atoms with E-state index in [0.29, 0.717) is 12.6 Å². The molecule has 14 heavy (non-hydrogen) atoms. The molecule has 3 nitrogen and oxygen atoms in total. The molecule has 1 unspecified atom stereocenters. The summed E-state index contributed by atoms with van der Waals surface area (Å²) in [6.45, 7) is 3.48. The summed E-state index contributed by atoms with van der Waals surface area (Å²) in [5.41, 5.74) is 1.86. The third-order valence-electron chi connectivity index (χ3n) is 2.16. The lowest BCUT2D eigenvalue weighted by Gasteiger charge is -2.10. The predicted molar refractivity (Wildman–Crippen MR) is 59.5 cm³/mol. The minimum atomic E-state index is 0.310. The molecule has 0 saturated carbocycles. The summed E-state index contributed by atoms with van der Waals surface area (Å²) >= 11 is 1.69. The summed E-state index contributed by atoms with van der Waals surface area (Å²) in [6.07, 6.45) is 5.05. The van der Waals surface area contributed by atoms with Crippen molar-refractivity contribution in [1.29, 1.82) is 0 Å². The molecule has 0 saturated heterocycles. The van der Waals surface area contributed by atoms with Crippen LogP contribution in [-0.2, 0) is 0 Å². The lowest BCUT2D eigenvalue weighted by molar-refractivity contribution is 0.282. The molecule has 0 spiro atoms. The van der Waals surface area contributed by atoms with Gasteiger partial charge in [-0.3, -0.25) is 4.98 Å². The van der Waals surface area contributed by atoms with Crippen molar-refractivity contribution < 1.29 is 5.11 Å². The van der Waals surface area contributed by atoms with Crippen molar-refractivity contribution in [3.63, 3.8) is 0 Å². The fraction of sp³-hybridized carbons (Fsp3) is 0.700. The first kappa shape index (κ1) is 11.6. The van der Waals surface area contributed by atoms with E-state index in [1.165, 1.54) is 4.88 Å². The molecular weight excluding hydrogens is 196 g/mol. The number of nitrogens with one attached hydrogen (secondary N) is 1. The zero-order valence-corrected chi connectivity index (χ0v) is 9.39. The molecule has 0 bridgehead atoms. The number of thiazole rings is 1. The van der Waals surface area contributed by atoms with Crippen LogP contribution in [0.2, 0.25) is 0 Å². The average molecular weight is 214 g/mol. The van der Waals surface area contributed by atoms with Gasteiger partial charge in [-0.2, -0.15) is 0 Å². The van der Waals surface area contributed by atoms with E-state index in [9.17, 15) is 0 Å². The molecule has 0 aliphatic rings. The number of aliphatic hydroxyl groups excluding tert-OH is 1. The smallest absolute Gasteiger partial charge is 0.0794 e. The van der Waals surface area contributed by atoms with E-state index >= 15 is 0 Å². The average Bonchev–Trinajstić information content (AvgIpc) is 2.70. The Balaban J connectivity index is 2.07. The Morgan fingerprint density at radius 3 is 3.00 bits per heavy atom. The van der Waals surface area contributed by atoms with Crippen LogP contribution in [-0.4, -0.2) is 23.2 Å². The van der Waals surface area contributed by atoms with Gasteiger partial charge in [0.25, 0.3) is 0 Å². The largest absolute Gasteiger partial charge is 0.396 e. The number of unbranched alkanes of at least 4 members (excludes halogenated alkanes) is 2. The van der Waals surface area contributed by atoms with Crippen LogP contribution >= 0.6 is 11.3 Å². The Hall–Kier alpha value is -0.450. The molecular formula is C10H18N2OS. The maximum absolute atomic E-state index is 8.60. The lowest BCUT2D eigenvalue weighted by Crippen LogP contribution is -2.18. The van der Waals surface area contributed by atoms with Gasteiger partial charge in [-0.05, 0) is 32.7 Å². The molecule has 1 atom stereocenters. The zero-order chi connectivity index (χ0) is 10.2. The van der Waals surface area contributed by atoms with Crippen molar-refractivity contribution in [2.45, 2.75) is 32.2 Å². The molecule has 0 radical (unpaired) electrons. The Morgan fingerprint density at radius 1 is 1.50 bits per heavy atom. The van der Waals surface area contributed by atoms with Gasteiger partial charge in [0.1, 0.15) is 0 Å². The molecule has 80 valence electrons. The second kappa shape index (κ2) is 6.92. The van der Waals surface area contributed by atoms with Gasteiger partial charge in [-0.1, -0.05) is 0 Å². The van der Waals surface area contributed by atoms with E-state index in [1.807, 2.05) is 11.7 Å². The summed E-state index contributed by atoms with van der Waals surface area (Å²) in [7, 11) is 0. The van der Waals surface area contributed by atoms with Crippen molar-refractivity contribution >= 4 is 11.3 Å². The van der Waals surface area contributed by atoms with Crippen molar-refractivity contribution in [2.75, 3.05) is 13.2 Å². The third-order valence-corrected chi connectivity index (χ3v) is 3.12. The van der Waals surface area contributed by atoms with Crippen LogP contribution in [0.4, 0.5) is 0 Å². The van der Waals surface area contributed by atoms with Gasteiger partial charge in [-0.25, -0.2) is 0 Å². The SMILES string of the molecule is CC(NCCCCCO)c1cncs1. The standard InChI is InChI=1S/C10H18N2OS/c1-9(10-7-11-8-14-10)12-5-3-2-4-6-13/h7-9,12-13H,2-6H2,1H3. The normalized spacial score (nSPS) is 13.0. The number of nitrogens with zero attached hydrogens (tertiary/aromatic N) is 1. The molecule has 1 aromatic heterocycles. The highest BCUT2D eigenvalue weighted by molar-refractivity contribution is 7.09. The van der Waals surface area contributed by atoms with Crippen LogP contribution in [0, 0.1) is 0 Å². The Morgan fingerprint density at radius 2 is 2.36 bits per heavy atom. The van der Waals surface area contributed by atoms with E-state index in [-0.39, 0.29) is 0 Å². The van der Waals surface area contributed by atoms with Crippen LogP contribution in [0.1, 0.15) is 37.1 Å². The van der Waals surface area contributed by atoms with Crippen LogP contribution < -0.4 is 5.32 Å². The first-order valence-corrected chi connectivity index (χ1v) is 5.95. The fourth-order valence-electron chi connectivity index (χ4n) is 1.27. The third kappa shape index (κ3) is 4.17. The Bertz CT molecular complexity index is 226. The molecule has 1 aromatic rings. The van der Waals surface area contributed by atoms with Gasteiger partial charge in [0.15, 0.2) is 0 Å². The van der Waals surface area contributed by atoms with Gasteiger partial charge in [0.2, 0.25) is 0 Å². The predicted octanol–water partition coefficient (Wildman–Crippen LogP) is 1.96. The minimum Gasteiger partial charge on any atom is -0.396 e. The van der Waals surface area contributed by atoms with Crippen LogP contribution in [0.3, 0.4) is 0 Å². The minimum absolute atomic E-state index is 0.310. The molecule has 0 aliphatic heterocycles. The van der Waals surface area contributed by atoms with Gasteiger partial charge in [0, 0.05) is 23.7 Å². The van der Waals surface area contributed by atoms with Gasteiger partial charge < -0.3 is 10.4 Å². The maximum atomic E-state index is 8.60. The molecule has 1 rings (SSSR count). The summed E-state index contributed by atoms with van der Waals surface area (Å²) in [6, 6.07) is 0.400.